The fourth-order valence-electron chi connectivity index (χ4n) is 1.80. The second kappa shape index (κ2) is 6.49. The van der Waals surface area contributed by atoms with Gasteiger partial charge < -0.3 is 10.1 Å². The van der Waals surface area contributed by atoms with Crippen LogP contribution in [0, 0.1) is 24.0 Å². The van der Waals surface area contributed by atoms with Crippen LogP contribution in [0.25, 0.3) is 0 Å². The highest BCUT2D eigenvalue weighted by molar-refractivity contribution is 7.15. The van der Waals surface area contributed by atoms with Crippen molar-refractivity contribution in [2.24, 2.45) is 0 Å². The van der Waals surface area contributed by atoms with Gasteiger partial charge in [-0.05, 0) is 32.4 Å². The minimum Gasteiger partial charge on any atom is -0.486 e. The fraction of sp³-hybridized carbons (Fsp3) is 0.385. The molecule has 0 saturated carbocycles. The summed E-state index contributed by atoms with van der Waals surface area (Å²) in [6.07, 6.45) is 0. The quantitative estimate of drug-likeness (QED) is 0.651. The predicted molar refractivity (Wildman–Crippen MR) is 81.0 cm³/mol. The molecule has 1 N–H and O–H groups in total. The molecule has 0 aliphatic carbocycles. The molecule has 1 heterocycles. The summed E-state index contributed by atoms with van der Waals surface area (Å²) in [5, 5.41) is 23.5. The Morgan fingerprint density at radius 2 is 2.10 bits per heavy atom. The van der Waals surface area contributed by atoms with Crippen molar-refractivity contribution >= 4 is 22.2 Å². The van der Waals surface area contributed by atoms with Gasteiger partial charge in [0.2, 0.25) is 5.13 Å². The van der Waals surface area contributed by atoms with Gasteiger partial charge in [-0.25, -0.2) is 0 Å². The topological polar surface area (TPSA) is 90.2 Å². The maximum Gasteiger partial charge on any atom is 0.272 e. The van der Waals surface area contributed by atoms with Crippen molar-refractivity contribution in [1.82, 2.24) is 10.2 Å². The average Bonchev–Trinajstić information content (AvgIpc) is 2.87. The lowest BCUT2D eigenvalue weighted by atomic mass is 10.1. The van der Waals surface area contributed by atoms with Crippen molar-refractivity contribution in [3.8, 4) is 5.75 Å². The highest BCUT2D eigenvalue weighted by Crippen LogP contribution is 2.28. The van der Waals surface area contributed by atoms with Gasteiger partial charge in [0, 0.05) is 18.2 Å². The van der Waals surface area contributed by atoms with E-state index in [0.717, 1.165) is 22.2 Å². The molecular weight excluding hydrogens is 292 g/mol. The number of anilines is 1. The van der Waals surface area contributed by atoms with Gasteiger partial charge in [-0.2, -0.15) is 0 Å². The second-order valence-corrected chi connectivity index (χ2v) is 5.54. The Bertz CT molecular complexity index is 657. The van der Waals surface area contributed by atoms with Gasteiger partial charge in [0.05, 0.1) is 4.92 Å². The number of aromatic nitrogens is 2. The Hall–Kier alpha value is -2.22. The third-order valence-electron chi connectivity index (χ3n) is 2.84. The number of ether oxygens (including phenoxy) is 1. The third-order valence-corrected chi connectivity index (χ3v) is 3.69. The Morgan fingerprint density at radius 1 is 1.33 bits per heavy atom. The minimum atomic E-state index is -0.389. The summed E-state index contributed by atoms with van der Waals surface area (Å²) < 4.78 is 5.69. The van der Waals surface area contributed by atoms with Gasteiger partial charge in [0.25, 0.3) is 5.69 Å². The van der Waals surface area contributed by atoms with Gasteiger partial charge >= 0.3 is 0 Å². The highest BCUT2D eigenvalue weighted by atomic mass is 32.1. The number of nitrogens with one attached hydrogen (secondary N) is 1. The number of nitro groups is 1. The zero-order chi connectivity index (χ0) is 15.4. The van der Waals surface area contributed by atoms with Crippen molar-refractivity contribution < 1.29 is 9.66 Å². The lowest BCUT2D eigenvalue weighted by Crippen LogP contribution is -1.99. The molecule has 2 aromatic rings. The first kappa shape index (κ1) is 15.2. The van der Waals surface area contributed by atoms with Crippen molar-refractivity contribution in [3.63, 3.8) is 0 Å². The lowest BCUT2D eigenvalue weighted by molar-refractivity contribution is -0.385. The molecule has 112 valence electrons. The summed E-state index contributed by atoms with van der Waals surface area (Å²) in [5.74, 6) is 0.623. The molecule has 0 atom stereocenters. The van der Waals surface area contributed by atoms with Gasteiger partial charge in [-0.3, -0.25) is 10.1 Å². The zero-order valence-corrected chi connectivity index (χ0v) is 12.9. The van der Waals surface area contributed by atoms with E-state index in [1.54, 1.807) is 19.9 Å². The predicted octanol–water partition coefficient (Wildman–Crippen LogP) is 3.07. The van der Waals surface area contributed by atoms with Crippen LogP contribution in [-0.4, -0.2) is 21.7 Å². The van der Waals surface area contributed by atoms with Crippen LogP contribution >= 0.6 is 11.3 Å². The SMILES string of the molecule is CCNc1nnc(COc2cc(C)c([N+](=O)[O-])cc2C)s1. The summed E-state index contributed by atoms with van der Waals surface area (Å²) in [7, 11) is 0. The number of nitrogens with zero attached hydrogens (tertiary/aromatic N) is 3. The van der Waals surface area contributed by atoms with E-state index in [9.17, 15) is 10.1 Å². The fourth-order valence-corrected chi connectivity index (χ4v) is 2.52. The van der Waals surface area contributed by atoms with Crippen LogP contribution in [0.4, 0.5) is 10.8 Å². The molecule has 1 aromatic carbocycles. The lowest BCUT2D eigenvalue weighted by Gasteiger charge is -2.08. The molecule has 21 heavy (non-hydrogen) atoms. The molecule has 0 bridgehead atoms. The van der Waals surface area contributed by atoms with Crippen molar-refractivity contribution in [2.45, 2.75) is 27.4 Å². The van der Waals surface area contributed by atoms with Crippen LogP contribution in [0.15, 0.2) is 12.1 Å². The molecule has 0 aliphatic rings. The van der Waals surface area contributed by atoms with Gasteiger partial charge in [0.15, 0.2) is 5.01 Å². The number of hydrogen-bond donors (Lipinski definition) is 1. The van der Waals surface area contributed by atoms with Gasteiger partial charge in [-0.1, -0.05) is 11.3 Å². The maximum absolute atomic E-state index is 10.9. The molecule has 1 aromatic heterocycles. The molecule has 7 nitrogen and oxygen atoms in total. The normalized spacial score (nSPS) is 10.4. The van der Waals surface area contributed by atoms with E-state index < -0.39 is 0 Å². The van der Waals surface area contributed by atoms with Gasteiger partial charge in [0.1, 0.15) is 12.4 Å². The molecule has 0 radical (unpaired) electrons. The zero-order valence-electron chi connectivity index (χ0n) is 12.0. The van der Waals surface area contributed by atoms with Crippen LogP contribution in [0.5, 0.6) is 5.75 Å². The first-order valence-electron chi connectivity index (χ1n) is 6.46. The number of aryl methyl sites for hydroxylation is 2. The van der Waals surface area contributed by atoms with E-state index in [4.69, 9.17) is 4.74 Å². The highest BCUT2D eigenvalue weighted by Gasteiger charge is 2.14. The van der Waals surface area contributed by atoms with Crippen LogP contribution < -0.4 is 10.1 Å². The Morgan fingerprint density at radius 3 is 2.76 bits per heavy atom. The second-order valence-electron chi connectivity index (χ2n) is 4.48. The van der Waals surface area contributed by atoms with E-state index in [0.29, 0.717) is 17.9 Å². The van der Waals surface area contributed by atoms with E-state index >= 15 is 0 Å². The Balaban J connectivity index is 2.09. The summed E-state index contributed by atoms with van der Waals surface area (Å²) in [6.45, 7) is 6.54. The van der Waals surface area contributed by atoms with E-state index in [1.807, 2.05) is 6.92 Å². The molecule has 2 rings (SSSR count). The standard InChI is InChI=1S/C13H16N4O3S/c1-4-14-13-16-15-12(21-13)7-20-11-6-8(2)10(17(18)19)5-9(11)3/h5-6H,4,7H2,1-3H3,(H,14,16). The van der Waals surface area contributed by atoms with Gasteiger partial charge in [-0.15, -0.1) is 10.2 Å². The minimum absolute atomic E-state index is 0.102. The summed E-state index contributed by atoms with van der Waals surface area (Å²) in [5.41, 5.74) is 1.40. The summed E-state index contributed by atoms with van der Waals surface area (Å²) in [6, 6.07) is 3.20. The largest absolute Gasteiger partial charge is 0.486 e. The molecule has 0 fully saturated rings. The molecule has 0 spiro atoms. The van der Waals surface area contributed by atoms with E-state index in [2.05, 4.69) is 15.5 Å². The van der Waals surface area contributed by atoms with Crippen molar-refractivity contribution in [2.75, 3.05) is 11.9 Å². The third kappa shape index (κ3) is 3.66. The monoisotopic (exact) mass is 308 g/mol. The number of nitro benzene ring substituents is 1. The first-order valence-corrected chi connectivity index (χ1v) is 7.27. The smallest absolute Gasteiger partial charge is 0.272 e. The molecule has 0 amide bonds. The molecule has 0 unspecified atom stereocenters. The molecule has 8 heteroatoms. The summed E-state index contributed by atoms with van der Waals surface area (Å²) in [4.78, 5) is 10.5. The first-order chi connectivity index (χ1) is 10.0. The average molecular weight is 308 g/mol. The van der Waals surface area contributed by atoms with Crippen LogP contribution in [0.3, 0.4) is 0 Å². The summed E-state index contributed by atoms with van der Waals surface area (Å²) >= 11 is 1.43. The van der Waals surface area contributed by atoms with Crippen LogP contribution in [0.1, 0.15) is 23.1 Å². The number of benzene rings is 1. The maximum atomic E-state index is 10.9. The Labute approximate surface area is 126 Å². The number of hydrogen-bond acceptors (Lipinski definition) is 7. The van der Waals surface area contributed by atoms with E-state index in [-0.39, 0.29) is 10.6 Å². The van der Waals surface area contributed by atoms with Crippen LogP contribution in [-0.2, 0) is 6.61 Å². The molecule has 0 saturated heterocycles. The molecular formula is C13H16N4O3S. The van der Waals surface area contributed by atoms with Crippen LogP contribution in [0.2, 0.25) is 0 Å². The number of rotatable bonds is 6. The van der Waals surface area contributed by atoms with E-state index in [1.165, 1.54) is 17.4 Å². The van der Waals surface area contributed by atoms with Crippen molar-refractivity contribution in [1.29, 1.82) is 0 Å². The van der Waals surface area contributed by atoms with Crippen molar-refractivity contribution in [3.05, 3.63) is 38.4 Å². The molecule has 0 aliphatic heterocycles. The Kier molecular flexibility index (Phi) is 4.69.